The van der Waals surface area contributed by atoms with Gasteiger partial charge >= 0.3 is 12.0 Å². The molecule has 0 fully saturated rings. The first-order valence-corrected chi connectivity index (χ1v) is 6.76. The highest BCUT2D eigenvalue weighted by Crippen LogP contribution is 2.24. The number of amides is 2. The summed E-state index contributed by atoms with van der Waals surface area (Å²) in [6.07, 6.45) is 0.484. The highest BCUT2D eigenvalue weighted by molar-refractivity contribution is 5.75. The number of urea groups is 1. The molecule has 0 aromatic rings. The van der Waals surface area contributed by atoms with Crippen LogP contribution in [0, 0.1) is 11.3 Å². The van der Waals surface area contributed by atoms with Crippen LogP contribution in [0.5, 0.6) is 0 Å². The van der Waals surface area contributed by atoms with Gasteiger partial charge in [-0.05, 0) is 25.7 Å². The van der Waals surface area contributed by atoms with Crippen molar-refractivity contribution in [3.8, 4) is 0 Å². The molecule has 0 rings (SSSR count). The second kappa shape index (κ2) is 6.92. The van der Waals surface area contributed by atoms with Crippen LogP contribution in [0.25, 0.3) is 0 Å². The molecule has 1 unspecified atom stereocenters. The molecule has 0 spiro atoms. The van der Waals surface area contributed by atoms with Gasteiger partial charge in [0.25, 0.3) is 0 Å². The number of carboxylic acids is 1. The normalized spacial score (nSPS) is 13.8. The van der Waals surface area contributed by atoms with Gasteiger partial charge in [-0.1, -0.05) is 20.8 Å². The SMILES string of the molecule is CN(CC(C)(C)O)C(=O)NCC(CC(C)(C)C)C(=O)O. The first-order chi connectivity index (χ1) is 8.82. The number of likely N-dealkylation sites (N-methyl/N-ethyl adjacent to an activating group) is 1. The summed E-state index contributed by atoms with van der Waals surface area (Å²) in [6, 6.07) is -0.382. The van der Waals surface area contributed by atoms with Crippen LogP contribution in [0.1, 0.15) is 41.0 Å². The Kier molecular flexibility index (Phi) is 6.47. The fourth-order valence-electron chi connectivity index (χ4n) is 1.98. The van der Waals surface area contributed by atoms with Crippen molar-refractivity contribution < 1.29 is 19.8 Å². The van der Waals surface area contributed by atoms with Gasteiger partial charge in [0.15, 0.2) is 0 Å². The Morgan fingerprint density at radius 2 is 1.70 bits per heavy atom. The monoisotopic (exact) mass is 288 g/mol. The van der Waals surface area contributed by atoms with Crippen LogP contribution in [-0.2, 0) is 4.79 Å². The maximum Gasteiger partial charge on any atom is 0.317 e. The van der Waals surface area contributed by atoms with Crippen LogP contribution in [0.3, 0.4) is 0 Å². The lowest BCUT2D eigenvalue weighted by atomic mass is 9.84. The largest absolute Gasteiger partial charge is 0.481 e. The molecule has 0 aromatic carbocycles. The van der Waals surface area contributed by atoms with Crippen LogP contribution in [0.15, 0.2) is 0 Å². The summed E-state index contributed by atoms with van der Waals surface area (Å²) in [4.78, 5) is 24.4. The number of aliphatic hydroxyl groups is 1. The molecule has 2 amide bonds. The third-order valence-electron chi connectivity index (χ3n) is 2.68. The molecule has 0 aromatic heterocycles. The number of nitrogens with one attached hydrogen (secondary N) is 1. The third-order valence-corrected chi connectivity index (χ3v) is 2.68. The van der Waals surface area contributed by atoms with Crippen molar-refractivity contribution in [3.63, 3.8) is 0 Å². The van der Waals surface area contributed by atoms with Crippen molar-refractivity contribution in [2.75, 3.05) is 20.1 Å². The second-order valence-corrected chi connectivity index (χ2v) is 7.15. The highest BCUT2D eigenvalue weighted by atomic mass is 16.4. The third kappa shape index (κ3) is 8.74. The molecule has 0 saturated carbocycles. The Labute approximate surface area is 121 Å². The molecule has 0 bridgehead atoms. The molecule has 1 atom stereocenters. The Morgan fingerprint density at radius 3 is 2.05 bits per heavy atom. The topological polar surface area (TPSA) is 89.9 Å². The second-order valence-electron chi connectivity index (χ2n) is 7.15. The van der Waals surface area contributed by atoms with E-state index in [0.29, 0.717) is 6.42 Å². The van der Waals surface area contributed by atoms with Crippen LogP contribution >= 0.6 is 0 Å². The molecule has 3 N–H and O–H groups in total. The van der Waals surface area contributed by atoms with Crippen molar-refractivity contribution in [1.29, 1.82) is 0 Å². The predicted octanol–water partition coefficient (Wildman–Crippen LogP) is 1.54. The first-order valence-electron chi connectivity index (χ1n) is 6.76. The van der Waals surface area contributed by atoms with E-state index in [2.05, 4.69) is 5.32 Å². The highest BCUT2D eigenvalue weighted by Gasteiger charge is 2.26. The Morgan fingerprint density at radius 1 is 1.20 bits per heavy atom. The molecular weight excluding hydrogens is 260 g/mol. The summed E-state index contributed by atoms with van der Waals surface area (Å²) in [7, 11) is 1.56. The standard InChI is InChI=1S/C14H28N2O4/c1-13(2,3)7-10(11(17)18)8-15-12(19)16(6)9-14(4,5)20/h10,20H,7-9H2,1-6H3,(H,15,19)(H,17,18). The van der Waals surface area contributed by atoms with Crippen LogP contribution in [0.2, 0.25) is 0 Å². The number of carboxylic acid groups (broad SMARTS) is 1. The van der Waals surface area contributed by atoms with Gasteiger partial charge in [-0.15, -0.1) is 0 Å². The van der Waals surface area contributed by atoms with Crippen molar-refractivity contribution in [3.05, 3.63) is 0 Å². The summed E-state index contributed by atoms with van der Waals surface area (Å²) in [6.45, 7) is 9.37. The molecular formula is C14H28N2O4. The van der Waals surface area contributed by atoms with E-state index in [4.69, 9.17) is 5.11 Å². The van der Waals surface area contributed by atoms with Crippen molar-refractivity contribution in [2.45, 2.75) is 46.6 Å². The van der Waals surface area contributed by atoms with E-state index < -0.39 is 17.5 Å². The average molecular weight is 288 g/mol. The number of carbonyl (C=O) groups excluding carboxylic acids is 1. The van der Waals surface area contributed by atoms with E-state index >= 15 is 0 Å². The van der Waals surface area contributed by atoms with Gasteiger partial charge in [0.2, 0.25) is 0 Å². The van der Waals surface area contributed by atoms with E-state index in [0.717, 1.165) is 0 Å². The van der Waals surface area contributed by atoms with Crippen LogP contribution in [0.4, 0.5) is 4.79 Å². The zero-order chi connectivity index (χ0) is 16.1. The summed E-state index contributed by atoms with van der Waals surface area (Å²) in [5, 5.41) is 21.4. The van der Waals surface area contributed by atoms with E-state index in [1.807, 2.05) is 20.8 Å². The zero-order valence-corrected chi connectivity index (χ0v) is 13.4. The first kappa shape index (κ1) is 18.7. The molecule has 0 aliphatic rings. The van der Waals surface area contributed by atoms with E-state index in [1.54, 1.807) is 20.9 Å². The van der Waals surface area contributed by atoms with Gasteiger partial charge < -0.3 is 20.4 Å². The minimum atomic E-state index is -0.982. The lowest BCUT2D eigenvalue weighted by Gasteiger charge is -2.27. The van der Waals surface area contributed by atoms with Gasteiger partial charge in [0, 0.05) is 13.6 Å². The number of rotatable bonds is 6. The number of carbonyl (C=O) groups is 2. The number of hydrogen-bond donors (Lipinski definition) is 3. The summed E-state index contributed by atoms with van der Waals surface area (Å²) < 4.78 is 0. The summed E-state index contributed by atoms with van der Waals surface area (Å²) in [5.74, 6) is -1.53. The molecule has 0 radical (unpaired) electrons. The molecule has 6 nitrogen and oxygen atoms in total. The maximum absolute atomic E-state index is 11.8. The fraction of sp³-hybridized carbons (Fsp3) is 0.857. The Bertz CT molecular complexity index is 342. The van der Waals surface area contributed by atoms with Gasteiger partial charge in [0.1, 0.15) is 0 Å². The average Bonchev–Trinajstić information content (AvgIpc) is 2.19. The quantitative estimate of drug-likeness (QED) is 0.691. The summed E-state index contributed by atoms with van der Waals surface area (Å²) >= 11 is 0. The lowest BCUT2D eigenvalue weighted by Crippen LogP contribution is -2.46. The lowest BCUT2D eigenvalue weighted by molar-refractivity contribution is -0.142. The number of hydrogen-bond acceptors (Lipinski definition) is 3. The molecule has 6 heteroatoms. The van der Waals surface area contributed by atoms with Gasteiger partial charge in [-0.2, -0.15) is 0 Å². The Hall–Kier alpha value is -1.30. The van der Waals surface area contributed by atoms with Crippen molar-refractivity contribution in [2.24, 2.45) is 11.3 Å². The van der Waals surface area contributed by atoms with Crippen LogP contribution in [-0.4, -0.2) is 52.9 Å². The van der Waals surface area contributed by atoms with Gasteiger partial charge in [-0.3, -0.25) is 4.79 Å². The van der Waals surface area contributed by atoms with Crippen LogP contribution < -0.4 is 5.32 Å². The molecule has 0 saturated heterocycles. The van der Waals surface area contributed by atoms with E-state index in [-0.39, 0.29) is 24.5 Å². The molecule has 118 valence electrons. The van der Waals surface area contributed by atoms with Crippen molar-refractivity contribution in [1.82, 2.24) is 10.2 Å². The van der Waals surface area contributed by atoms with Gasteiger partial charge in [-0.25, -0.2) is 4.79 Å². The molecule has 20 heavy (non-hydrogen) atoms. The van der Waals surface area contributed by atoms with Crippen molar-refractivity contribution >= 4 is 12.0 Å². The number of aliphatic carboxylic acids is 1. The smallest absolute Gasteiger partial charge is 0.317 e. The van der Waals surface area contributed by atoms with Gasteiger partial charge in [0.05, 0.1) is 18.1 Å². The zero-order valence-electron chi connectivity index (χ0n) is 13.4. The predicted molar refractivity (Wildman–Crippen MR) is 77.5 cm³/mol. The molecule has 0 aliphatic heterocycles. The maximum atomic E-state index is 11.8. The molecule has 0 aliphatic carbocycles. The minimum absolute atomic E-state index is 0.0850. The fourth-order valence-corrected chi connectivity index (χ4v) is 1.98. The van der Waals surface area contributed by atoms with E-state index in [9.17, 15) is 14.7 Å². The number of nitrogens with zero attached hydrogens (tertiary/aromatic N) is 1. The van der Waals surface area contributed by atoms with E-state index in [1.165, 1.54) is 4.90 Å². The molecule has 0 heterocycles. The Balaban J connectivity index is 4.42. The minimum Gasteiger partial charge on any atom is -0.481 e. The summed E-state index contributed by atoms with van der Waals surface area (Å²) in [5.41, 5.74) is -1.10.